The van der Waals surface area contributed by atoms with Crippen molar-refractivity contribution in [3.05, 3.63) is 35.6 Å². The molecule has 0 aliphatic carbocycles. The summed E-state index contributed by atoms with van der Waals surface area (Å²) in [4.78, 5) is 0. The fourth-order valence-electron chi connectivity index (χ4n) is 2.20. The van der Waals surface area contributed by atoms with E-state index in [-0.39, 0.29) is 6.10 Å². The molecule has 1 N–H and O–H groups in total. The molecular weight excluding hydrogens is 242 g/mol. The van der Waals surface area contributed by atoms with Gasteiger partial charge in [0.2, 0.25) is 0 Å². The number of nitrogens with one attached hydrogen (secondary N) is 1. The lowest BCUT2D eigenvalue weighted by Gasteiger charge is -2.14. The van der Waals surface area contributed by atoms with Crippen molar-refractivity contribution in [1.29, 1.82) is 0 Å². The molecule has 1 aromatic heterocycles. The fourth-order valence-corrected chi connectivity index (χ4v) is 2.20. The van der Waals surface area contributed by atoms with E-state index in [0.717, 1.165) is 24.4 Å². The van der Waals surface area contributed by atoms with Gasteiger partial charge in [-0.05, 0) is 13.0 Å². The standard InChI is InChI=1S/C15H21NO3/c1-11-14(9-16-8-12(18-3)10-17-2)13-6-4-5-7-15(13)19-11/h4-7,12,16H,8-10H2,1-3H3. The van der Waals surface area contributed by atoms with Crippen molar-refractivity contribution in [3.8, 4) is 0 Å². The third-order valence-corrected chi connectivity index (χ3v) is 3.26. The SMILES string of the molecule is COCC(CNCc1c(C)oc2ccccc12)OC. The minimum atomic E-state index is 0.0727. The molecule has 0 amide bonds. The van der Waals surface area contributed by atoms with E-state index in [1.54, 1.807) is 14.2 Å². The van der Waals surface area contributed by atoms with Crippen LogP contribution in [-0.2, 0) is 16.0 Å². The number of fused-ring (bicyclic) bond motifs is 1. The Morgan fingerprint density at radius 1 is 1.26 bits per heavy atom. The maximum absolute atomic E-state index is 5.73. The minimum Gasteiger partial charge on any atom is -0.461 e. The van der Waals surface area contributed by atoms with E-state index in [0.29, 0.717) is 6.61 Å². The van der Waals surface area contributed by atoms with Crippen LogP contribution in [0.25, 0.3) is 11.0 Å². The average molecular weight is 263 g/mol. The quantitative estimate of drug-likeness (QED) is 0.833. The van der Waals surface area contributed by atoms with Crippen molar-refractivity contribution >= 4 is 11.0 Å². The molecular formula is C15H21NO3. The number of para-hydroxylation sites is 1. The molecule has 104 valence electrons. The molecule has 0 aliphatic rings. The van der Waals surface area contributed by atoms with Crippen LogP contribution >= 0.6 is 0 Å². The molecule has 1 aromatic carbocycles. The molecule has 0 bridgehead atoms. The molecule has 0 saturated carbocycles. The smallest absolute Gasteiger partial charge is 0.134 e. The second-order valence-corrected chi connectivity index (χ2v) is 4.58. The van der Waals surface area contributed by atoms with Gasteiger partial charge in [-0.2, -0.15) is 0 Å². The summed E-state index contributed by atoms with van der Waals surface area (Å²) in [5.74, 6) is 0.967. The molecule has 4 heteroatoms. The van der Waals surface area contributed by atoms with E-state index >= 15 is 0 Å². The van der Waals surface area contributed by atoms with Crippen LogP contribution in [0.2, 0.25) is 0 Å². The Bertz CT molecular complexity index is 521. The van der Waals surface area contributed by atoms with E-state index in [1.807, 2.05) is 25.1 Å². The molecule has 1 heterocycles. The molecule has 2 aromatic rings. The molecule has 0 aliphatic heterocycles. The van der Waals surface area contributed by atoms with Crippen LogP contribution < -0.4 is 5.32 Å². The molecule has 4 nitrogen and oxygen atoms in total. The zero-order valence-electron chi connectivity index (χ0n) is 11.7. The summed E-state index contributed by atoms with van der Waals surface area (Å²) in [6.45, 7) is 4.12. The van der Waals surface area contributed by atoms with Crippen molar-refractivity contribution in [3.63, 3.8) is 0 Å². The molecule has 0 saturated heterocycles. The van der Waals surface area contributed by atoms with E-state index in [1.165, 1.54) is 10.9 Å². The number of ether oxygens (including phenoxy) is 2. The Morgan fingerprint density at radius 3 is 2.79 bits per heavy atom. The first kappa shape index (κ1) is 14.1. The monoisotopic (exact) mass is 263 g/mol. The van der Waals surface area contributed by atoms with Crippen molar-refractivity contribution in [2.75, 3.05) is 27.4 Å². The van der Waals surface area contributed by atoms with Gasteiger partial charge in [-0.3, -0.25) is 0 Å². The second kappa shape index (κ2) is 6.70. The topological polar surface area (TPSA) is 43.6 Å². The van der Waals surface area contributed by atoms with E-state index < -0.39 is 0 Å². The average Bonchev–Trinajstić information content (AvgIpc) is 2.74. The number of methoxy groups -OCH3 is 2. The van der Waals surface area contributed by atoms with Gasteiger partial charge in [0.1, 0.15) is 11.3 Å². The fraction of sp³-hybridized carbons (Fsp3) is 0.467. The van der Waals surface area contributed by atoms with Gasteiger partial charge in [0.15, 0.2) is 0 Å². The van der Waals surface area contributed by atoms with Gasteiger partial charge in [0.25, 0.3) is 0 Å². The summed E-state index contributed by atoms with van der Waals surface area (Å²) in [6.07, 6.45) is 0.0727. The summed E-state index contributed by atoms with van der Waals surface area (Å²) in [7, 11) is 3.38. The number of hydrogen-bond donors (Lipinski definition) is 1. The molecule has 2 rings (SSSR count). The number of benzene rings is 1. The van der Waals surface area contributed by atoms with Gasteiger partial charge < -0.3 is 19.2 Å². The number of aryl methyl sites for hydroxylation is 1. The van der Waals surface area contributed by atoms with Gasteiger partial charge >= 0.3 is 0 Å². The predicted molar refractivity (Wildman–Crippen MR) is 75.3 cm³/mol. The zero-order valence-corrected chi connectivity index (χ0v) is 11.7. The van der Waals surface area contributed by atoms with Crippen LogP contribution in [0.4, 0.5) is 0 Å². The van der Waals surface area contributed by atoms with Crippen molar-refractivity contribution in [1.82, 2.24) is 5.32 Å². The lowest BCUT2D eigenvalue weighted by atomic mass is 10.1. The highest BCUT2D eigenvalue weighted by Gasteiger charge is 2.11. The number of furan rings is 1. The highest BCUT2D eigenvalue weighted by molar-refractivity contribution is 5.82. The summed E-state index contributed by atoms with van der Waals surface area (Å²) in [5, 5.41) is 4.57. The molecule has 0 spiro atoms. The van der Waals surface area contributed by atoms with Crippen molar-refractivity contribution in [2.24, 2.45) is 0 Å². The summed E-state index contributed by atoms with van der Waals surface area (Å²) in [5.41, 5.74) is 2.15. The number of rotatable bonds is 7. The Morgan fingerprint density at radius 2 is 2.05 bits per heavy atom. The summed E-state index contributed by atoms with van der Waals surface area (Å²) in [6, 6.07) is 8.10. The van der Waals surface area contributed by atoms with E-state index in [2.05, 4.69) is 11.4 Å². The molecule has 1 unspecified atom stereocenters. The lowest BCUT2D eigenvalue weighted by molar-refractivity contribution is 0.0288. The Kier molecular flexibility index (Phi) is 4.96. The highest BCUT2D eigenvalue weighted by Crippen LogP contribution is 2.24. The molecule has 19 heavy (non-hydrogen) atoms. The first-order valence-electron chi connectivity index (χ1n) is 6.45. The van der Waals surface area contributed by atoms with Gasteiger partial charge in [-0.15, -0.1) is 0 Å². The Balaban J connectivity index is 1.99. The molecule has 1 atom stereocenters. The Hall–Kier alpha value is -1.36. The van der Waals surface area contributed by atoms with Gasteiger partial charge in [0.05, 0.1) is 12.7 Å². The summed E-state index contributed by atoms with van der Waals surface area (Å²) >= 11 is 0. The third-order valence-electron chi connectivity index (χ3n) is 3.26. The van der Waals surface area contributed by atoms with Crippen LogP contribution in [0.1, 0.15) is 11.3 Å². The van der Waals surface area contributed by atoms with Gasteiger partial charge in [-0.1, -0.05) is 18.2 Å². The summed E-state index contributed by atoms with van der Waals surface area (Å²) < 4.78 is 16.1. The van der Waals surface area contributed by atoms with Crippen LogP contribution in [0.15, 0.2) is 28.7 Å². The maximum atomic E-state index is 5.73. The first-order chi connectivity index (χ1) is 9.26. The third kappa shape index (κ3) is 3.35. The number of hydrogen-bond acceptors (Lipinski definition) is 4. The first-order valence-corrected chi connectivity index (χ1v) is 6.45. The van der Waals surface area contributed by atoms with Gasteiger partial charge in [-0.25, -0.2) is 0 Å². The van der Waals surface area contributed by atoms with Gasteiger partial charge in [0, 0.05) is 38.3 Å². The maximum Gasteiger partial charge on any atom is 0.134 e. The van der Waals surface area contributed by atoms with Crippen molar-refractivity contribution < 1.29 is 13.9 Å². The van der Waals surface area contributed by atoms with Crippen LogP contribution in [-0.4, -0.2) is 33.5 Å². The van der Waals surface area contributed by atoms with Crippen LogP contribution in [0.3, 0.4) is 0 Å². The lowest BCUT2D eigenvalue weighted by Crippen LogP contribution is -2.31. The Labute approximate surface area is 113 Å². The van der Waals surface area contributed by atoms with Crippen LogP contribution in [0, 0.1) is 6.92 Å². The highest BCUT2D eigenvalue weighted by atomic mass is 16.5. The van der Waals surface area contributed by atoms with E-state index in [4.69, 9.17) is 13.9 Å². The normalized spacial score (nSPS) is 13.0. The molecule has 0 radical (unpaired) electrons. The van der Waals surface area contributed by atoms with Crippen molar-refractivity contribution in [2.45, 2.75) is 19.6 Å². The van der Waals surface area contributed by atoms with Crippen LogP contribution in [0.5, 0.6) is 0 Å². The largest absolute Gasteiger partial charge is 0.461 e. The zero-order chi connectivity index (χ0) is 13.7. The molecule has 0 fully saturated rings. The second-order valence-electron chi connectivity index (χ2n) is 4.58. The minimum absolute atomic E-state index is 0.0727. The predicted octanol–water partition coefficient (Wildman–Crippen LogP) is 2.49. The van der Waals surface area contributed by atoms with E-state index in [9.17, 15) is 0 Å².